The van der Waals surface area contributed by atoms with Crippen LogP contribution in [-0.4, -0.2) is 13.7 Å². The van der Waals surface area contributed by atoms with Gasteiger partial charge in [-0.1, -0.05) is 19.1 Å². The zero-order valence-corrected chi connectivity index (χ0v) is 13.8. The van der Waals surface area contributed by atoms with Crippen LogP contribution in [0.15, 0.2) is 34.1 Å². The Balaban J connectivity index is 2.38. The van der Waals surface area contributed by atoms with Crippen molar-refractivity contribution in [3.8, 4) is 5.75 Å². The molecule has 2 aromatic rings. The van der Waals surface area contributed by atoms with Crippen LogP contribution in [0.25, 0.3) is 0 Å². The molecule has 1 aromatic heterocycles. The molecule has 0 aliphatic heterocycles. The summed E-state index contributed by atoms with van der Waals surface area (Å²) in [6.45, 7) is 5.18. The highest BCUT2D eigenvalue weighted by atomic mass is 79.9. The van der Waals surface area contributed by atoms with Gasteiger partial charge in [0.05, 0.1) is 16.9 Å². The second-order valence-corrected chi connectivity index (χ2v) is 6.77. The van der Waals surface area contributed by atoms with E-state index in [1.165, 1.54) is 19.8 Å². The van der Waals surface area contributed by atoms with E-state index in [0.29, 0.717) is 0 Å². The normalized spacial score (nSPS) is 12.4. The maximum absolute atomic E-state index is 5.31. The Morgan fingerprint density at radius 3 is 2.74 bits per heavy atom. The molecule has 1 N–H and O–H groups in total. The van der Waals surface area contributed by atoms with E-state index in [0.717, 1.165) is 12.3 Å². The number of benzene rings is 1. The molecule has 4 heteroatoms. The molecule has 0 amide bonds. The van der Waals surface area contributed by atoms with Gasteiger partial charge >= 0.3 is 0 Å². The average molecular weight is 340 g/mol. The van der Waals surface area contributed by atoms with Crippen molar-refractivity contribution in [3.63, 3.8) is 0 Å². The van der Waals surface area contributed by atoms with Gasteiger partial charge in [-0.15, -0.1) is 11.3 Å². The lowest BCUT2D eigenvalue weighted by molar-refractivity contribution is 0.413. The van der Waals surface area contributed by atoms with Gasteiger partial charge in [-0.3, -0.25) is 0 Å². The summed E-state index contributed by atoms with van der Waals surface area (Å²) in [6, 6.07) is 10.7. The molecule has 0 saturated heterocycles. The van der Waals surface area contributed by atoms with Crippen LogP contribution in [0.5, 0.6) is 5.75 Å². The second-order valence-electron chi connectivity index (χ2n) is 4.37. The molecule has 0 bridgehead atoms. The molecule has 2 nitrogen and oxygen atoms in total. The number of ether oxygens (including phenoxy) is 1. The molecule has 1 atom stereocenters. The van der Waals surface area contributed by atoms with Crippen molar-refractivity contribution in [1.29, 1.82) is 0 Å². The Bertz CT molecular complexity index is 533. The molecule has 102 valence electrons. The molecule has 19 heavy (non-hydrogen) atoms. The van der Waals surface area contributed by atoms with E-state index in [4.69, 9.17) is 4.74 Å². The van der Waals surface area contributed by atoms with Crippen LogP contribution >= 0.6 is 27.3 Å². The highest BCUT2D eigenvalue weighted by molar-refractivity contribution is 9.11. The van der Waals surface area contributed by atoms with Crippen LogP contribution in [0, 0.1) is 6.92 Å². The van der Waals surface area contributed by atoms with Crippen molar-refractivity contribution in [1.82, 2.24) is 5.32 Å². The predicted octanol–water partition coefficient (Wildman–Crippen LogP) is 4.53. The summed E-state index contributed by atoms with van der Waals surface area (Å²) in [5.41, 5.74) is 2.51. The zero-order valence-electron chi connectivity index (χ0n) is 11.4. The SMILES string of the molecule is CCNC(c1cccc(OC)c1)c1cc(C)c(Br)s1. The van der Waals surface area contributed by atoms with Crippen LogP contribution in [0.1, 0.15) is 29.0 Å². The minimum atomic E-state index is 0.218. The maximum atomic E-state index is 5.31. The van der Waals surface area contributed by atoms with Gasteiger partial charge in [0.15, 0.2) is 0 Å². The number of halogens is 1. The van der Waals surface area contributed by atoms with Crippen LogP contribution in [0.2, 0.25) is 0 Å². The lowest BCUT2D eigenvalue weighted by Crippen LogP contribution is -2.21. The molecular formula is C15H18BrNOS. The van der Waals surface area contributed by atoms with Gasteiger partial charge in [0.1, 0.15) is 5.75 Å². The molecular weight excluding hydrogens is 322 g/mol. The van der Waals surface area contributed by atoms with E-state index in [1.807, 2.05) is 12.1 Å². The number of rotatable bonds is 5. The van der Waals surface area contributed by atoms with Crippen molar-refractivity contribution in [2.24, 2.45) is 0 Å². The van der Waals surface area contributed by atoms with E-state index in [2.05, 4.69) is 53.3 Å². The molecule has 1 heterocycles. The smallest absolute Gasteiger partial charge is 0.119 e. The fourth-order valence-corrected chi connectivity index (χ4v) is 3.71. The van der Waals surface area contributed by atoms with Gasteiger partial charge in [-0.05, 0) is 58.7 Å². The summed E-state index contributed by atoms with van der Waals surface area (Å²) in [7, 11) is 1.70. The van der Waals surface area contributed by atoms with Gasteiger partial charge < -0.3 is 10.1 Å². The number of thiophene rings is 1. The van der Waals surface area contributed by atoms with Crippen molar-refractivity contribution >= 4 is 27.3 Å². The molecule has 0 radical (unpaired) electrons. The molecule has 1 aromatic carbocycles. The van der Waals surface area contributed by atoms with Gasteiger partial charge in [-0.25, -0.2) is 0 Å². The monoisotopic (exact) mass is 339 g/mol. The third-order valence-electron chi connectivity index (χ3n) is 3.00. The van der Waals surface area contributed by atoms with E-state index in [-0.39, 0.29) is 6.04 Å². The molecule has 0 saturated carbocycles. The summed E-state index contributed by atoms with van der Waals surface area (Å²) in [5.74, 6) is 0.896. The highest BCUT2D eigenvalue weighted by Crippen LogP contribution is 2.35. The van der Waals surface area contributed by atoms with E-state index in [1.54, 1.807) is 18.4 Å². The minimum Gasteiger partial charge on any atom is -0.497 e. The molecule has 0 fully saturated rings. The predicted molar refractivity (Wildman–Crippen MR) is 85.3 cm³/mol. The zero-order chi connectivity index (χ0) is 13.8. The molecule has 0 spiro atoms. The van der Waals surface area contributed by atoms with Crippen molar-refractivity contribution in [3.05, 3.63) is 50.1 Å². The minimum absolute atomic E-state index is 0.218. The Labute approximate surface area is 126 Å². The fourth-order valence-electron chi connectivity index (χ4n) is 2.03. The topological polar surface area (TPSA) is 21.3 Å². The van der Waals surface area contributed by atoms with E-state index >= 15 is 0 Å². The molecule has 0 aliphatic rings. The average Bonchev–Trinajstić information content (AvgIpc) is 2.75. The maximum Gasteiger partial charge on any atom is 0.119 e. The van der Waals surface area contributed by atoms with Crippen molar-refractivity contribution < 1.29 is 4.74 Å². The van der Waals surface area contributed by atoms with Crippen LogP contribution < -0.4 is 10.1 Å². The van der Waals surface area contributed by atoms with Crippen molar-refractivity contribution in [2.75, 3.05) is 13.7 Å². The Kier molecular flexibility index (Phi) is 5.02. The van der Waals surface area contributed by atoms with Crippen LogP contribution in [0.4, 0.5) is 0 Å². The first-order chi connectivity index (χ1) is 9.15. The lowest BCUT2D eigenvalue weighted by atomic mass is 10.0. The number of methoxy groups -OCH3 is 1. The fraction of sp³-hybridized carbons (Fsp3) is 0.333. The quantitative estimate of drug-likeness (QED) is 0.864. The number of nitrogens with one attached hydrogen (secondary N) is 1. The van der Waals surface area contributed by atoms with Crippen LogP contribution in [-0.2, 0) is 0 Å². The molecule has 0 aliphatic carbocycles. The first-order valence-corrected chi connectivity index (χ1v) is 7.89. The third-order valence-corrected chi connectivity index (χ3v) is 5.20. The Hall–Kier alpha value is -0.840. The number of aryl methyl sites for hydroxylation is 1. The second kappa shape index (κ2) is 6.55. The Morgan fingerprint density at radius 2 is 2.16 bits per heavy atom. The first-order valence-electron chi connectivity index (χ1n) is 6.29. The number of hydrogen-bond donors (Lipinski definition) is 1. The first kappa shape index (κ1) is 14.6. The van der Waals surface area contributed by atoms with Gasteiger partial charge in [0.2, 0.25) is 0 Å². The van der Waals surface area contributed by atoms with Gasteiger partial charge in [0, 0.05) is 4.88 Å². The van der Waals surface area contributed by atoms with Gasteiger partial charge in [0.25, 0.3) is 0 Å². The summed E-state index contributed by atoms with van der Waals surface area (Å²) in [6.07, 6.45) is 0. The summed E-state index contributed by atoms with van der Waals surface area (Å²) in [5, 5.41) is 3.54. The summed E-state index contributed by atoms with van der Waals surface area (Å²) >= 11 is 5.39. The van der Waals surface area contributed by atoms with E-state index in [9.17, 15) is 0 Å². The molecule has 1 unspecified atom stereocenters. The standard InChI is InChI=1S/C15H18BrNOS/c1-4-17-14(13-8-10(2)15(16)19-13)11-6-5-7-12(9-11)18-3/h5-9,14,17H,4H2,1-3H3. The summed E-state index contributed by atoms with van der Waals surface area (Å²) in [4.78, 5) is 1.32. The third kappa shape index (κ3) is 3.38. The van der Waals surface area contributed by atoms with Gasteiger partial charge in [-0.2, -0.15) is 0 Å². The van der Waals surface area contributed by atoms with Crippen molar-refractivity contribution in [2.45, 2.75) is 19.9 Å². The lowest BCUT2D eigenvalue weighted by Gasteiger charge is -2.17. The largest absolute Gasteiger partial charge is 0.497 e. The molecule has 2 rings (SSSR count). The van der Waals surface area contributed by atoms with E-state index < -0.39 is 0 Å². The highest BCUT2D eigenvalue weighted by Gasteiger charge is 2.17. The van der Waals surface area contributed by atoms with Crippen LogP contribution in [0.3, 0.4) is 0 Å². The Morgan fingerprint density at radius 1 is 1.37 bits per heavy atom. The summed E-state index contributed by atoms with van der Waals surface area (Å²) < 4.78 is 6.52. The number of hydrogen-bond acceptors (Lipinski definition) is 3.